The molecule has 5 N–H and O–H groups in total. The number of H-pyrrole nitrogens is 1. The fourth-order valence-corrected chi connectivity index (χ4v) is 8.09. The predicted octanol–water partition coefficient (Wildman–Crippen LogP) is 6.36. The molecule has 4 bridgehead atoms. The van der Waals surface area contributed by atoms with Crippen LogP contribution in [0.3, 0.4) is 0 Å². The molecule has 1 spiro atoms. The first-order chi connectivity index (χ1) is 25.6. The van der Waals surface area contributed by atoms with Gasteiger partial charge in [0.05, 0.1) is 6.20 Å². The minimum atomic E-state index is -1.61. The molecule has 3 aromatic carbocycles. The van der Waals surface area contributed by atoms with Gasteiger partial charge in [0.15, 0.2) is 23.4 Å². The zero-order chi connectivity index (χ0) is 36.6. The quantitative estimate of drug-likeness (QED) is 0.127. The Kier molecular flexibility index (Phi) is 7.53. The van der Waals surface area contributed by atoms with E-state index in [1.807, 2.05) is 80.7 Å². The number of oxazole rings is 2. The van der Waals surface area contributed by atoms with Crippen molar-refractivity contribution in [3.63, 3.8) is 0 Å². The summed E-state index contributed by atoms with van der Waals surface area (Å²) in [4.78, 5) is 40.9. The molecule has 12 nitrogen and oxygen atoms in total. The number of nitrogens with zero attached hydrogens (tertiary/aromatic N) is 2. The molecule has 6 aromatic rings. The highest BCUT2D eigenvalue weighted by Gasteiger charge is 2.61. The van der Waals surface area contributed by atoms with E-state index in [-0.39, 0.29) is 37.0 Å². The van der Waals surface area contributed by atoms with Gasteiger partial charge < -0.3 is 39.6 Å². The smallest absolute Gasteiger partial charge is 0.252 e. The van der Waals surface area contributed by atoms with Crippen molar-refractivity contribution in [2.75, 3.05) is 5.32 Å². The topological polar surface area (TPSA) is 168 Å². The largest absolute Gasteiger partial charge is 0.469 e. The number of hydrogen-bond acceptors (Lipinski definition) is 9. The number of rotatable bonds is 7. The van der Waals surface area contributed by atoms with Crippen LogP contribution in [0.1, 0.15) is 74.9 Å². The third-order valence-corrected chi connectivity index (χ3v) is 11.2. The Morgan fingerprint density at radius 2 is 1.83 bits per heavy atom. The minimum Gasteiger partial charge on any atom is -0.469 e. The van der Waals surface area contributed by atoms with Crippen molar-refractivity contribution in [2.24, 2.45) is 5.92 Å². The van der Waals surface area contributed by atoms with Gasteiger partial charge in [0, 0.05) is 40.3 Å². The number of para-hydroxylation sites is 2. The summed E-state index contributed by atoms with van der Waals surface area (Å²) in [6, 6.07) is 20.1. The molecule has 53 heavy (non-hydrogen) atoms. The molecule has 2 amide bonds. The van der Waals surface area contributed by atoms with Crippen LogP contribution in [0, 0.1) is 5.92 Å². The van der Waals surface area contributed by atoms with Gasteiger partial charge in [0.25, 0.3) is 5.91 Å². The van der Waals surface area contributed by atoms with E-state index < -0.39 is 41.1 Å². The Morgan fingerprint density at radius 3 is 2.64 bits per heavy atom. The lowest BCUT2D eigenvalue weighted by Gasteiger charge is -2.30. The van der Waals surface area contributed by atoms with Gasteiger partial charge in [-0.25, -0.2) is 9.97 Å². The van der Waals surface area contributed by atoms with Crippen LogP contribution in [0.5, 0.6) is 5.75 Å². The van der Waals surface area contributed by atoms with Crippen LogP contribution in [0.25, 0.3) is 33.8 Å². The van der Waals surface area contributed by atoms with Gasteiger partial charge >= 0.3 is 0 Å². The standard InChI is InChI=1S/C41H40N6O6/c1-5-40(50,6-2)38(49)44-29-18-22-15-16-30-26(17-22)41(25-12-8-10-14-28(25)45-39(41)52-30)34-33(47-37(53-34)32(21(3)4)46-35(29)48)36-43-20-31(51-36)24-19-42-27-13-9-7-11-23(24)27/h7-17,19-21,29,32,39,42,45,50H,5-6,18H2,1-4H3,(H,44,49)(H,46,48)/t29-,32-,39-,41?/m0/s1. The molecule has 0 saturated carbocycles. The van der Waals surface area contributed by atoms with Gasteiger partial charge in [-0.15, -0.1) is 0 Å². The first kappa shape index (κ1) is 33.0. The van der Waals surface area contributed by atoms with E-state index in [0.29, 0.717) is 23.0 Å². The maximum atomic E-state index is 14.2. The van der Waals surface area contributed by atoms with Crippen molar-refractivity contribution < 1.29 is 28.3 Å². The first-order valence-electron chi connectivity index (χ1n) is 18.2. The summed E-state index contributed by atoms with van der Waals surface area (Å²) in [5.74, 6) is 0.986. The molecule has 4 atom stereocenters. The summed E-state index contributed by atoms with van der Waals surface area (Å²) in [7, 11) is 0. The van der Waals surface area contributed by atoms with Crippen LogP contribution in [0.15, 0.2) is 88.0 Å². The fourth-order valence-electron chi connectivity index (χ4n) is 8.09. The highest BCUT2D eigenvalue weighted by atomic mass is 16.5. The van der Waals surface area contributed by atoms with E-state index in [9.17, 15) is 14.7 Å². The van der Waals surface area contributed by atoms with E-state index in [2.05, 4.69) is 27.0 Å². The minimum absolute atomic E-state index is 0.169. The van der Waals surface area contributed by atoms with Gasteiger partial charge in [0.2, 0.25) is 17.7 Å². The molecule has 9 rings (SSSR count). The Morgan fingerprint density at radius 1 is 1.04 bits per heavy atom. The molecule has 3 aromatic heterocycles. The summed E-state index contributed by atoms with van der Waals surface area (Å²) < 4.78 is 20.2. The summed E-state index contributed by atoms with van der Waals surface area (Å²) in [6.07, 6.45) is 3.55. The second-order valence-corrected chi connectivity index (χ2v) is 14.5. The van der Waals surface area contributed by atoms with Crippen molar-refractivity contribution in [1.82, 2.24) is 25.6 Å². The van der Waals surface area contributed by atoms with E-state index in [1.165, 1.54) is 0 Å². The SMILES string of the molecule is CCC(O)(CC)C(=O)N[C@H]1Cc2ccc3c(c2)C2(c4ccccc4N[C@H]2O3)c2oc(nc2-c2ncc(-c3c[nH]c4ccccc34)o2)[C@H](C(C)C)NC1=O. The first-order valence-corrected chi connectivity index (χ1v) is 18.2. The molecular weight excluding hydrogens is 672 g/mol. The number of ether oxygens (including phenoxy) is 1. The van der Waals surface area contributed by atoms with E-state index in [1.54, 1.807) is 20.0 Å². The van der Waals surface area contributed by atoms with Crippen molar-refractivity contribution in [3.05, 3.63) is 107 Å². The van der Waals surface area contributed by atoms with Crippen molar-refractivity contribution in [1.29, 1.82) is 0 Å². The number of anilines is 1. The molecule has 3 aliphatic rings. The summed E-state index contributed by atoms with van der Waals surface area (Å²) in [6.45, 7) is 7.43. The molecule has 0 radical (unpaired) electrons. The van der Waals surface area contributed by atoms with Gasteiger partial charge in [0.1, 0.15) is 28.8 Å². The molecule has 6 heterocycles. The predicted molar refractivity (Wildman–Crippen MR) is 197 cm³/mol. The molecule has 0 fully saturated rings. The number of nitrogens with one attached hydrogen (secondary N) is 4. The Labute approximate surface area is 305 Å². The van der Waals surface area contributed by atoms with E-state index >= 15 is 0 Å². The number of aromatic nitrogens is 3. The van der Waals surface area contributed by atoms with Crippen molar-refractivity contribution >= 4 is 28.4 Å². The Balaban J connectivity index is 1.26. The van der Waals surface area contributed by atoms with E-state index in [0.717, 1.165) is 38.8 Å². The highest BCUT2D eigenvalue weighted by molar-refractivity contribution is 5.94. The fraction of sp³-hybridized carbons (Fsp3) is 0.317. The molecular formula is C41H40N6O6. The van der Waals surface area contributed by atoms with Gasteiger partial charge in [-0.1, -0.05) is 76.2 Å². The lowest BCUT2D eigenvalue weighted by Crippen LogP contribution is -2.55. The van der Waals surface area contributed by atoms with E-state index in [4.69, 9.17) is 23.5 Å². The average Bonchev–Trinajstić information content (AvgIpc) is 3.99. The van der Waals surface area contributed by atoms with Gasteiger partial charge in [-0.05, 0) is 48.1 Å². The number of carbonyl (C=O) groups is 2. The zero-order valence-corrected chi connectivity index (χ0v) is 29.8. The van der Waals surface area contributed by atoms with Crippen LogP contribution in [0.4, 0.5) is 5.69 Å². The lowest BCUT2D eigenvalue weighted by atomic mass is 9.72. The number of hydrogen-bond donors (Lipinski definition) is 5. The van der Waals surface area contributed by atoms with Crippen LogP contribution in [-0.2, 0) is 21.4 Å². The van der Waals surface area contributed by atoms with Gasteiger partial charge in [-0.2, -0.15) is 0 Å². The molecule has 0 saturated heterocycles. The number of carbonyl (C=O) groups excluding carboxylic acids is 2. The number of benzene rings is 3. The molecule has 270 valence electrons. The molecule has 1 unspecified atom stereocenters. The zero-order valence-electron chi connectivity index (χ0n) is 29.8. The molecule has 12 heteroatoms. The maximum absolute atomic E-state index is 14.2. The number of fused-ring (bicyclic) bond motifs is 5. The average molecular weight is 713 g/mol. The Hall–Kier alpha value is -5.88. The third kappa shape index (κ3) is 4.92. The number of amides is 2. The summed E-state index contributed by atoms with van der Waals surface area (Å²) in [5, 5.41) is 21.7. The number of aromatic amines is 1. The van der Waals surface area contributed by atoms with Crippen LogP contribution >= 0.6 is 0 Å². The second-order valence-electron chi connectivity index (χ2n) is 14.5. The van der Waals surface area contributed by atoms with Crippen molar-refractivity contribution in [3.8, 4) is 28.7 Å². The van der Waals surface area contributed by atoms with Crippen LogP contribution in [-0.4, -0.2) is 49.7 Å². The third-order valence-electron chi connectivity index (χ3n) is 11.2. The normalized spacial score (nSPS) is 21.6. The monoisotopic (exact) mass is 712 g/mol. The maximum Gasteiger partial charge on any atom is 0.252 e. The summed E-state index contributed by atoms with van der Waals surface area (Å²) >= 11 is 0. The second kappa shape index (κ2) is 12.1. The highest BCUT2D eigenvalue weighted by Crippen LogP contribution is 2.59. The van der Waals surface area contributed by atoms with Crippen molar-refractivity contribution in [2.45, 2.75) is 76.3 Å². The van der Waals surface area contributed by atoms with Crippen LogP contribution in [0.2, 0.25) is 0 Å². The van der Waals surface area contributed by atoms with Gasteiger partial charge in [-0.3, -0.25) is 9.59 Å². The Bertz CT molecular complexity index is 2400. The lowest BCUT2D eigenvalue weighted by molar-refractivity contribution is -0.143. The number of aliphatic hydroxyl groups is 1. The summed E-state index contributed by atoms with van der Waals surface area (Å²) in [5.41, 5.74) is 2.98. The molecule has 0 aliphatic carbocycles. The van der Waals surface area contributed by atoms with Crippen LogP contribution < -0.4 is 20.7 Å². The molecule has 3 aliphatic heterocycles.